The van der Waals surface area contributed by atoms with Crippen molar-refractivity contribution in [3.05, 3.63) is 43.0 Å². The summed E-state index contributed by atoms with van der Waals surface area (Å²) in [5.41, 5.74) is 0.893. The topological polar surface area (TPSA) is 20.3 Å². The van der Waals surface area contributed by atoms with Crippen molar-refractivity contribution >= 4 is 12.1 Å². The SMILES string of the molecule is C=CC(C)N(C=O)c1ccccc1. The molecular formula is C11H13NO. The highest BCUT2D eigenvalue weighted by Gasteiger charge is 2.08. The smallest absolute Gasteiger partial charge is 0.214 e. The second-order valence-electron chi connectivity index (χ2n) is 2.82. The molecule has 1 unspecified atom stereocenters. The van der Waals surface area contributed by atoms with E-state index in [2.05, 4.69) is 6.58 Å². The fourth-order valence-electron chi connectivity index (χ4n) is 1.11. The van der Waals surface area contributed by atoms with Crippen LogP contribution >= 0.6 is 0 Å². The minimum Gasteiger partial charge on any atom is -0.308 e. The van der Waals surface area contributed by atoms with Crippen LogP contribution in [0.1, 0.15) is 6.92 Å². The maximum atomic E-state index is 10.8. The zero-order chi connectivity index (χ0) is 9.68. The number of carbonyl (C=O) groups is 1. The van der Waals surface area contributed by atoms with Gasteiger partial charge in [0, 0.05) is 5.69 Å². The number of benzene rings is 1. The number of amides is 1. The van der Waals surface area contributed by atoms with E-state index in [4.69, 9.17) is 0 Å². The molecule has 1 aromatic rings. The van der Waals surface area contributed by atoms with Gasteiger partial charge in [0.2, 0.25) is 6.41 Å². The quantitative estimate of drug-likeness (QED) is 0.507. The minimum atomic E-state index is 0.0277. The van der Waals surface area contributed by atoms with Gasteiger partial charge in [0.25, 0.3) is 0 Å². The highest BCUT2D eigenvalue weighted by Crippen LogP contribution is 2.14. The normalized spacial score (nSPS) is 11.8. The van der Waals surface area contributed by atoms with Gasteiger partial charge in [-0.15, -0.1) is 6.58 Å². The molecule has 1 aromatic carbocycles. The lowest BCUT2D eigenvalue weighted by molar-refractivity contribution is -0.107. The molecule has 1 atom stereocenters. The van der Waals surface area contributed by atoms with Gasteiger partial charge in [-0.25, -0.2) is 0 Å². The van der Waals surface area contributed by atoms with Crippen molar-refractivity contribution in [2.24, 2.45) is 0 Å². The van der Waals surface area contributed by atoms with Crippen LogP contribution in [0.15, 0.2) is 43.0 Å². The molecule has 1 amide bonds. The molecule has 0 radical (unpaired) electrons. The lowest BCUT2D eigenvalue weighted by Crippen LogP contribution is -2.29. The molecule has 0 fully saturated rings. The number of anilines is 1. The Kier molecular flexibility index (Phi) is 3.26. The zero-order valence-corrected chi connectivity index (χ0v) is 7.68. The largest absolute Gasteiger partial charge is 0.308 e. The van der Waals surface area contributed by atoms with E-state index in [0.717, 1.165) is 12.1 Å². The average molecular weight is 175 g/mol. The van der Waals surface area contributed by atoms with Gasteiger partial charge in [0.1, 0.15) is 0 Å². The lowest BCUT2D eigenvalue weighted by Gasteiger charge is -2.21. The third-order valence-corrected chi connectivity index (χ3v) is 1.95. The highest BCUT2D eigenvalue weighted by molar-refractivity contribution is 5.76. The van der Waals surface area contributed by atoms with E-state index in [1.54, 1.807) is 11.0 Å². The maximum absolute atomic E-state index is 10.8. The summed E-state index contributed by atoms with van der Waals surface area (Å²) in [4.78, 5) is 12.4. The molecule has 0 aliphatic heterocycles. The summed E-state index contributed by atoms with van der Waals surface area (Å²) < 4.78 is 0. The van der Waals surface area contributed by atoms with E-state index in [1.165, 1.54) is 0 Å². The van der Waals surface area contributed by atoms with Crippen LogP contribution in [0, 0.1) is 0 Å². The van der Waals surface area contributed by atoms with Crippen molar-refractivity contribution in [1.29, 1.82) is 0 Å². The van der Waals surface area contributed by atoms with Gasteiger partial charge in [-0.1, -0.05) is 24.3 Å². The Balaban J connectivity index is 2.90. The number of para-hydroxylation sites is 1. The Bertz CT molecular complexity index is 281. The first-order valence-corrected chi connectivity index (χ1v) is 4.21. The Hall–Kier alpha value is -1.57. The fourth-order valence-corrected chi connectivity index (χ4v) is 1.11. The average Bonchev–Trinajstić information content (AvgIpc) is 2.20. The van der Waals surface area contributed by atoms with E-state index in [-0.39, 0.29) is 6.04 Å². The van der Waals surface area contributed by atoms with Crippen molar-refractivity contribution in [3.8, 4) is 0 Å². The third-order valence-electron chi connectivity index (χ3n) is 1.95. The first kappa shape index (κ1) is 9.52. The van der Waals surface area contributed by atoms with Gasteiger partial charge in [-0.3, -0.25) is 4.79 Å². The number of carbonyl (C=O) groups excluding carboxylic acids is 1. The summed E-state index contributed by atoms with van der Waals surface area (Å²) in [6.07, 6.45) is 2.56. The van der Waals surface area contributed by atoms with Gasteiger partial charge >= 0.3 is 0 Å². The molecule has 0 heterocycles. The van der Waals surface area contributed by atoms with Crippen molar-refractivity contribution in [1.82, 2.24) is 0 Å². The number of hydrogen-bond donors (Lipinski definition) is 0. The number of nitrogens with zero attached hydrogens (tertiary/aromatic N) is 1. The predicted octanol–water partition coefficient (Wildman–Crippen LogP) is 2.22. The predicted molar refractivity (Wildman–Crippen MR) is 54.6 cm³/mol. The van der Waals surface area contributed by atoms with E-state index in [1.807, 2.05) is 37.3 Å². The van der Waals surface area contributed by atoms with Gasteiger partial charge in [-0.2, -0.15) is 0 Å². The monoisotopic (exact) mass is 175 g/mol. The van der Waals surface area contributed by atoms with Gasteiger partial charge in [-0.05, 0) is 19.1 Å². The summed E-state index contributed by atoms with van der Waals surface area (Å²) in [6, 6.07) is 9.55. The molecule has 2 nitrogen and oxygen atoms in total. The molecule has 68 valence electrons. The van der Waals surface area contributed by atoms with Crippen LogP contribution in [0.5, 0.6) is 0 Å². The van der Waals surface area contributed by atoms with Gasteiger partial charge in [0.05, 0.1) is 6.04 Å². The van der Waals surface area contributed by atoms with Crippen molar-refractivity contribution < 1.29 is 4.79 Å². The first-order valence-electron chi connectivity index (χ1n) is 4.21. The third kappa shape index (κ3) is 2.18. The molecule has 0 aromatic heterocycles. The van der Waals surface area contributed by atoms with E-state index in [9.17, 15) is 4.79 Å². The van der Waals surface area contributed by atoms with Gasteiger partial charge in [0.15, 0.2) is 0 Å². The minimum absolute atomic E-state index is 0.0277. The summed E-state index contributed by atoms with van der Waals surface area (Å²) in [5.74, 6) is 0. The molecule has 0 N–H and O–H groups in total. The Labute approximate surface area is 78.5 Å². The lowest BCUT2D eigenvalue weighted by atomic mass is 10.2. The second-order valence-corrected chi connectivity index (χ2v) is 2.82. The van der Waals surface area contributed by atoms with Crippen LogP contribution in [0.4, 0.5) is 5.69 Å². The van der Waals surface area contributed by atoms with Crippen LogP contribution in [0.3, 0.4) is 0 Å². The maximum Gasteiger partial charge on any atom is 0.214 e. The molecular weight excluding hydrogens is 162 g/mol. The number of rotatable bonds is 4. The van der Waals surface area contributed by atoms with Crippen LogP contribution in [-0.4, -0.2) is 12.5 Å². The van der Waals surface area contributed by atoms with E-state index < -0.39 is 0 Å². The summed E-state index contributed by atoms with van der Waals surface area (Å²) in [5, 5.41) is 0. The molecule has 0 aliphatic rings. The molecule has 2 heteroatoms. The molecule has 1 rings (SSSR count). The molecule has 0 saturated heterocycles. The Morgan fingerprint density at radius 3 is 2.46 bits per heavy atom. The molecule has 13 heavy (non-hydrogen) atoms. The van der Waals surface area contributed by atoms with Crippen molar-refractivity contribution in [3.63, 3.8) is 0 Å². The summed E-state index contributed by atoms with van der Waals surface area (Å²) in [7, 11) is 0. The molecule has 0 spiro atoms. The molecule has 0 bridgehead atoms. The van der Waals surface area contributed by atoms with E-state index >= 15 is 0 Å². The van der Waals surface area contributed by atoms with Gasteiger partial charge < -0.3 is 4.90 Å². The highest BCUT2D eigenvalue weighted by atomic mass is 16.1. The van der Waals surface area contributed by atoms with E-state index in [0.29, 0.717) is 0 Å². The summed E-state index contributed by atoms with van der Waals surface area (Å²) >= 11 is 0. The standard InChI is InChI=1S/C11H13NO/c1-3-10(2)12(9-13)11-7-5-4-6-8-11/h3-10H,1H2,2H3. The van der Waals surface area contributed by atoms with Crippen LogP contribution in [-0.2, 0) is 4.79 Å². The van der Waals surface area contributed by atoms with Crippen molar-refractivity contribution in [2.45, 2.75) is 13.0 Å². The first-order chi connectivity index (χ1) is 6.29. The van der Waals surface area contributed by atoms with Crippen LogP contribution < -0.4 is 4.90 Å². The van der Waals surface area contributed by atoms with Crippen LogP contribution in [0.25, 0.3) is 0 Å². The summed E-state index contributed by atoms with van der Waals surface area (Å²) in [6.45, 7) is 5.58. The fraction of sp³-hybridized carbons (Fsp3) is 0.182. The van der Waals surface area contributed by atoms with Crippen LogP contribution in [0.2, 0.25) is 0 Å². The Morgan fingerprint density at radius 1 is 1.38 bits per heavy atom. The zero-order valence-electron chi connectivity index (χ0n) is 7.68. The number of hydrogen-bond acceptors (Lipinski definition) is 1. The Morgan fingerprint density at radius 2 is 2.00 bits per heavy atom. The van der Waals surface area contributed by atoms with Crippen molar-refractivity contribution in [2.75, 3.05) is 4.90 Å². The second kappa shape index (κ2) is 4.45. The molecule has 0 aliphatic carbocycles. The molecule has 0 saturated carbocycles.